The first-order valence-electron chi connectivity index (χ1n) is 15.2. The number of Topliss-reactive ketones (excluding diaryl/α,β-unsaturated/α-hetero) is 1. The number of carbonyl (C=O) groups is 2. The van der Waals surface area contributed by atoms with Gasteiger partial charge >= 0.3 is 7.60 Å². The standard InChI is InChI=1S/C32H49N2O6P/c1-2-3-4-5-6-7-8-9-10-11-12-13-14-18-32(36)34-30(31(35)26-41(37,38)39)24-27-19-21-29(22-20-27)40-25-28-17-15-16-23-33-28/h15-17,19-23,30H,2-14,18,24-26H2,1H3,(H,34,36)(H2,37,38,39)/t30-/m1/s1. The number of hydrogen-bond donors (Lipinski definition) is 3. The normalized spacial score (nSPS) is 12.2. The van der Waals surface area contributed by atoms with Crippen LogP contribution in [-0.2, 0) is 27.2 Å². The fourth-order valence-corrected chi connectivity index (χ4v) is 5.35. The molecule has 0 fully saturated rings. The summed E-state index contributed by atoms with van der Waals surface area (Å²) in [7, 11) is -4.55. The van der Waals surface area contributed by atoms with Gasteiger partial charge in [0.15, 0.2) is 5.78 Å². The summed E-state index contributed by atoms with van der Waals surface area (Å²) in [5.74, 6) is -0.316. The Morgan fingerprint density at radius 3 is 1.98 bits per heavy atom. The Hall–Kier alpha value is -2.54. The zero-order valence-corrected chi connectivity index (χ0v) is 25.5. The third-order valence-corrected chi connectivity index (χ3v) is 7.79. The minimum absolute atomic E-state index is 0.143. The molecule has 0 aliphatic heterocycles. The van der Waals surface area contributed by atoms with Crippen molar-refractivity contribution in [1.82, 2.24) is 10.3 Å². The second-order valence-corrected chi connectivity index (χ2v) is 12.5. The first kappa shape index (κ1) is 34.7. The third kappa shape index (κ3) is 17.1. The second kappa shape index (κ2) is 20.4. The molecule has 1 amide bonds. The molecule has 1 aromatic carbocycles. The number of ether oxygens (including phenoxy) is 1. The molecule has 2 rings (SSSR count). The highest BCUT2D eigenvalue weighted by Crippen LogP contribution is 2.34. The summed E-state index contributed by atoms with van der Waals surface area (Å²) in [6, 6.07) is 11.7. The summed E-state index contributed by atoms with van der Waals surface area (Å²) in [5.41, 5.74) is 1.55. The number of rotatable bonds is 23. The number of nitrogens with one attached hydrogen (secondary N) is 1. The summed E-state index contributed by atoms with van der Waals surface area (Å²) in [6.07, 6.45) is 17.0. The fourth-order valence-electron chi connectivity index (χ4n) is 4.73. The number of pyridine rings is 1. The summed E-state index contributed by atoms with van der Waals surface area (Å²) < 4.78 is 17.2. The van der Waals surface area contributed by atoms with E-state index in [-0.39, 0.29) is 18.7 Å². The molecule has 41 heavy (non-hydrogen) atoms. The summed E-state index contributed by atoms with van der Waals surface area (Å²) in [5, 5.41) is 2.72. The number of carbonyl (C=O) groups excluding carboxylic acids is 2. The van der Waals surface area contributed by atoms with Crippen LogP contribution in [0.15, 0.2) is 48.7 Å². The fraction of sp³-hybridized carbons (Fsp3) is 0.594. The first-order chi connectivity index (χ1) is 19.8. The van der Waals surface area contributed by atoms with Gasteiger partial charge in [0.2, 0.25) is 5.91 Å². The number of ketones is 1. The van der Waals surface area contributed by atoms with E-state index in [1.807, 2.05) is 18.2 Å². The summed E-state index contributed by atoms with van der Waals surface area (Å²) >= 11 is 0. The number of unbranched alkanes of at least 4 members (excludes halogenated alkanes) is 12. The third-order valence-electron chi connectivity index (χ3n) is 7.07. The van der Waals surface area contributed by atoms with E-state index in [4.69, 9.17) is 4.74 Å². The maximum absolute atomic E-state index is 12.7. The van der Waals surface area contributed by atoms with E-state index >= 15 is 0 Å². The zero-order chi connectivity index (χ0) is 29.8. The van der Waals surface area contributed by atoms with Gasteiger partial charge in [-0.05, 0) is 42.7 Å². The summed E-state index contributed by atoms with van der Waals surface area (Å²) in [6.45, 7) is 2.56. The molecular formula is C32H49N2O6P. The molecule has 0 bridgehead atoms. The molecule has 0 unspecified atom stereocenters. The van der Waals surface area contributed by atoms with Crippen molar-refractivity contribution >= 4 is 19.3 Å². The van der Waals surface area contributed by atoms with Crippen molar-refractivity contribution in [3.63, 3.8) is 0 Å². The average molecular weight is 589 g/mol. The van der Waals surface area contributed by atoms with Crippen LogP contribution in [0.5, 0.6) is 5.75 Å². The van der Waals surface area contributed by atoms with E-state index in [1.54, 1.807) is 30.5 Å². The number of amides is 1. The van der Waals surface area contributed by atoms with Crippen LogP contribution < -0.4 is 10.1 Å². The molecule has 1 aromatic heterocycles. The maximum Gasteiger partial charge on any atom is 0.333 e. The number of benzene rings is 1. The van der Waals surface area contributed by atoms with Gasteiger partial charge in [0, 0.05) is 12.6 Å². The van der Waals surface area contributed by atoms with Crippen LogP contribution in [0.4, 0.5) is 0 Å². The highest BCUT2D eigenvalue weighted by molar-refractivity contribution is 7.52. The SMILES string of the molecule is CCCCCCCCCCCCCCCC(=O)N[C@H](Cc1ccc(OCc2ccccn2)cc1)C(=O)CP(=O)(O)O. The molecule has 0 saturated carbocycles. The largest absolute Gasteiger partial charge is 0.487 e. The van der Waals surface area contributed by atoms with Gasteiger partial charge in [0.1, 0.15) is 18.5 Å². The van der Waals surface area contributed by atoms with Crippen molar-refractivity contribution in [2.75, 3.05) is 6.16 Å². The highest BCUT2D eigenvalue weighted by Gasteiger charge is 2.27. The molecule has 8 nitrogen and oxygen atoms in total. The van der Waals surface area contributed by atoms with Crippen molar-refractivity contribution in [3.05, 3.63) is 59.9 Å². The lowest BCUT2D eigenvalue weighted by Crippen LogP contribution is -2.43. The number of aromatic nitrogens is 1. The van der Waals surface area contributed by atoms with Crippen molar-refractivity contribution in [2.24, 2.45) is 0 Å². The van der Waals surface area contributed by atoms with Crippen LogP contribution in [0.25, 0.3) is 0 Å². The van der Waals surface area contributed by atoms with Gasteiger partial charge in [-0.2, -0.15) is 0 Å². The lowest BCUT2D eigenvalue weighted by Gasteiger charge is -2.18. The molecule has 2 aromatic rings. The van der Waals surface area contributed by atoms with Crippen molar-refractivity contribution < 1.29 is 28.7 Å². The molecule has 0 aliphatic rings. The van der Waals surface area contributed by atoms with E-state index in [1.165, 1.54) is 64.2 Å². The monoisotopic (exact) mass is 588 g/mol. The molecule has 0 saturated heterocycles. The molecule has 228 valence electrons. The number of hydrogen-bond acceptors (Lipinski definition) is 5. The summed E-state index contributed by atoms with van der Waals surface area (Å²) in [4.78, 5) is 48.1. The maximum atomic E-state index is 12.7. The Labute approximate surface area is 245 Å². The Morgan fingerprint density at radius 2 is 1.44 bits per heavy atom. The molecular weight excluding hydrogens is 539 g/mol. The van der Waals surface area contributed by atoms with Crippen LogP contribution in [0.2, 0.25) is 0 Å². The minimum atomic E-state index is -4.55. The molecule has 3 N–H and O–H groups in total. The molecule has 0 spiro atoms. The van der Waals surface area contributed by atoms with Crippen molar-refractivity contribution in [2.45, 2.75) is 116 Å². The Balaban J connectivity index is 1.72. The Kier molecular flexibility index (Phi) is 17.2. The van der Waals surface area contributed by atoms with Gasteiger partial charge in [-0.25, -0.2) is 0 Å². The van der Waals surface area contributed by atoms with Gasteiger partial charge in [-0.1, -0.05) is 102 Å². The zero-order valence-electron chi connectivity index (χ0n) is 24.6. The smallest absolute Gasteiger partial charge is 0.333 e. The predicted octanol–water partition coefficient (Wildman–Crippen LogP) is 6.92. The lowest BCUT2D eigenvalue weighted by atomic mass is 10.0. The van der Waals surface area contributed by atoms with Crippen molar-refractivity contribution in [3.8, 4) is 5.75 Å². The van der Waals surface area contributed by atoms with Crippen LogP contribution in [0.3, 0.4) is 0 Å². The second-order valence-electron chi connectivity index (χ2n) is 10.9. The van der Waals surface area contributed by atoms with Gasteiger partial charge in [-0.3, -0.25) is 19.1 Å². The van der Waals surface area contributed by atoms with Gasteiger partial charge in [0.05, 0.1) is 11.7 Å². The molecule has 9 heteroatoms. The number of nitrogens with zero attached hydrogens (tertiary/aromatic N) is 1. The first-order valence-corrected chi connectivity index (χ1v) is 17.0. The van der Waals surface area contributed by atoms with Crippen LogP contribution in [0.1, 0.15) is 108 Å². The van der Waals surface area contributed by atoms with Crippen LogP contribution in [0, 0.1) is 0 Å². The predicted molar refractivity (Wildman–Crippen MR) is 163 cm³/mol. The highest BCUT2D eigenvalue weighted by atomic mass is 31.2. The van der Waals surface area contributed by atoms with Gasteiger partial charge in [-0.15, -0.1) is 0 Å². The van der Waals surface area contributed by atoms with E-state index in [2.05, 4.69) is 17.2 Å². The van der Waals surface area contributed by atoms with E-state index < -0.39 is 25.6 Å². The molecule has 0 radical (unpaired) electrons. The van der Waals surface area contributed by atoms with E-state index in [0.717, 1.165) is 30.5 Å². The topological polar surface area (TPSA) is 126 Å². The van der Waals surface area contributed by atoms with Crippen molar-refractivity contribution in [1.29, 1.82) is 0 Å². The van der Waals surface area contributed by atoms with Crippen LogP contribution in [-0.4, -0.2) is 38.7 Å². The Morgan fingerprint density at radius 1 is 0.854 bits per heavy atom. The lowest BCUT2D eigenvalue weighted by molar-refractivity contribution is -0.126. The van der Waals surface area contributed by atoms with Gasteiger partial charge < -0.3 is 19.8 Å². The minimum Gasteiger partial charge on any atom is -0.487 e. The van der Waals surface area contributed by atoms with E-state index in [9.17, 15) is 23.9 Å². The molecule has 1 heterocycles. The quantitative estimate of drug-likeness (QED) is 0.0951. The van der Waals surface area contributed by atoms with Gasteiger partial charge in [0.25, 0.3) is 0 Å². The van der Waals surface area contributed by atoms with Crippen LogP contribution >= 0.6 is 7.60 Å². The average Bonchev–Trinajstić information content (AvgIpc) is 2.94. The van der Waals surface area contributed by atoms with E-state index in [0.29, 0.717) is 12.4 Å². The Bertz CT molecular complexity index is 1040. The molecule has 0 aliphatic carbocycles. The molecule has 1 atom stereocenters.